The Morgan fingerprint density at radius 2 is 1.96 bits per heavy atom. The fourth-order valence-corrected chi connectivity index (χ4v) is 3.04. The number of aliphatic carboxylic acids is 1. The summed E-state index contributed by atoms with van der Waals surface area (Å²) in [6.45, 7) is 3.65. The van der Waals surface area contributed by atoms with Crippen LogP contribution in [0, 0.1) is 13.8 Å². The van der Waals surface area contributed by atoms with Gasteiger partial charge in [-0.3, -0.25) is 19.3 Å². The summed E-state index contributed by atoms with van der Waals surface area (Å²) < 4.78 is 5.10. The van der Waals surface area contributed by atoms with Gasteiger partial charge >= 0.3 is 11.9 Å². The van der Waals surface area contributed by atoms with Crippen LogP contribution in [-0.2, 0) is 19.1 Å². The number of H-pyrrole nitrogens is 1. The van der Waals surface area contributed by atoms with Gasteiger partial charge in [-0.05, 0) is 37.6 Å². The molecule has 2 heterocycles. The molecule has 0 saturated carbocycles. The van der Waals surface area contributed by atoms with Crippen LogP contribution in [-0.4, -0.2) is 34.7 Å². The summed E-state index contributed by atoms with van der Waals surface area (Å²) in [5.74, 6) is -2.00. The zero-order chi connectivity index (χ0) is 19.6. The first-order chi connectivity index (χ1) is 12.9. The molecule has 7 nitrogen and oxygen atoms in total. The normalized spacial score (nSPS) is 14.5. The van der Waals surface area contributed by atoms with Crippen molar-refractivity contribution < 1.29 is 24.2 Å². The van der Waals surface area contributed by atoms with Crippen molar-refractivity contribution in [2.24, 2.45) is 0 Å². The molecule has 1 aliphatic heterocycles. The lowest BCUT2D eigenvalue weighted by Gasteiger charge is -2.16. The number of aromatic amines is 1. The van der Waals surface area contributed by atoms with Crippen LogP contribution in [0.3, 0.4) is 0 Å². The van der Waals surface area contributed by atoms with E-state index in [1.807, 2.05) is 32.0 Å². The molecule has 140 valence electrons. The Morgan fingerprint density at radius 3 is 2.63 bits per heavy atom. The molecule has 0 aliphatic carbocycles. The number of rotatable bonds is 6. The van der Waals surface area contributed by atoms with Crippen molar-refractivity contribution in [3.8, 4) is 0 Å². The van der Waals surface area contributed by atoms with E-state index >= 15 is 0 Å². The Bertz CT molecular complexity index is 942. The van der Waals surface area contributed by atoms with Crippen molar-refractivity contribution >= 4 is 35.2 Å². The standard InChI is InChI=1S/C20H20N2O5/c1-12-9-13(2)21-16(12)10-15-14-5-3-4-6-17(14)22(20(15)26)11-27-19(25)8-7-18(23)24/h3-6,9-10,21H,7-8,11H2,1-2H3,(H,23,24). The third-order valence-electron chi connectivity index (χ3n) is 4.34. The SMILES string of the molecule is Cc1cc(C)c(C=C2C(=O)N(COC(=O)CCC(=O)O)c3ccccc32)[nH]1. The molecule has 27 heavy (non-hydrogen) atoms. The summed E-state index contributed by atoms with van der Waals surface area (Å²) >= 11 is 0. The number of benzene rings is 1. The average molecular weight is 368 g/mol. The summed E-state index contributed by atoms with van der Waals surface area (Å²) in [5.41, 5.74) is 4.81. The summed E-state index contributed by atoms with van der Waals surface area (Å²) in [6.07, 6.45) is 1.26. The van der Waals surface area contributed by atoms with Gasteiger partial charge in [0.05, 0.1) is 24.1 Å². The minimum Gasteiger partial charge on any atom is -0.481 e. The summed E-state index contributed by atoms with van der Waals surface area (Å²) in [6, 6.07) is 9.27. The molecule has 1 amide bonds. The molecule has 2 aromatic rings. The Kier molecular flexibility index (Phi) is 5.12. The number of hydrogen-bond donors (Lipinski definition) is 2. The highest BCUT2D eigenvalue weighted by Gasteiger charge is 2.33. The van der Waals surface area contributed by atoms with Crippen molar-refractivity contribution in [1.82, 2.24) is 4.98 Å². The van der Waals surface area contributed by atoms with Crippen molar-refractivity contribution in [2.75, 3.05) is 11.6 Å². The van der Waals surface area contributed by atoms with Gasteiger partial charge in [-0.15, -0.1) is 0 Å². The zero-order valence-electron chi connectivity index (χ0n) is 15.1. The van der Waals surface area contributed by atoms with E-state index in [1.54, 1.807) is 18.2 Å². The van der Waals surface area contributed by atoms with E-state index < -0.39 is 11.9 Å². The van der Waals surface area contributed by atoms with Crippen LogP contribution in [0.2, 0.25) is 0 Å². The summed E-state index contributed by atoms with van der Waals surface area (Å²) in [5, 5.41) is 8.63. The average Bonchev–Trinajstić information content (AvgIpc) is 3.08. The van der Waals surface area contributed by atoms with E-state index in [1.165, 1.54) is 4.90 Å². The number of aromatic nitrogens is 1. The second-order valence-corrected chi connectivity index (χ2v) is 6.40. The first kappa shape index (κ1) is 18.4. The number of carbonyl (C=O) groups excluding carboxylic acids is 2. The summed E-state index contributed by atoms with van der Waals surface area (Å²) in [7, 11) is 0. The second-order valence-electron chi connectivity index (χ2n) is 6.40. The topological polar surface area (TPSA) is 99.7 Å². The largest absolute Gasteiger partial charge is 0.481 e. The number of nitrogens with zero attached hydrogens (tertiary/aromatic N) is 1. The first-order valence-electron chi connectivity index (χ1n) is 8.53. The van der Waals surface area contributed by atoms with Crippen molar-refractivity contribution in [3.05, 3.63) is 52.8 Å². The molecule has 3 rings (SSSR count). The molecule has 0 radical (unpaired) electrons. The highest BCUT2D eigenvalue weighted by atomic mass is 16.5. The quantitative estimate of drug-likeness (QED) is 0.603. The number of amides is 1. The van der Waals surface area contributed by atoms with E-state index in [-0.39, 0.29) is 25.5 Å². The molecule has 0 atom stereocenters. The highest BCUT2D eigenvalue weighted by Crippen LogP contribution is 2.37. The van der Waals surface area contributed by atoms with E-state index in [0.717, 1.165) is 22.5 Å². The maximum absolute atomic E-state index is 12.9. The Labute approximate surface area is 156 Å². The molecular weight excluding hydrogens is 348 g/mol. The van der Waals surface area contributed by atoms with Gasteiger partial charge in [-0.2, -0.15) is 0 Å². The number of carbonyl (C=O) groups is 3. The number of anilines is 1. The zero-order valence-corrected chi connectivity index (χ0v) is 15.1. The van der Waals surface area contributed by atoms with Crippen LogP contribution >= 0.6 is 0 Å². The van der Waals surface area contributed by atoms with Gasteiger partial charge in [0.2, 0.25) is 0 Å². The van der Waals surface area contributed by atoms with Gasteiger partial charge in [0.15, 0.2) is 6.73 Å². The minimum absolute atomic E-state index is 0.233. The molecule has 0 spiro atoms. The molecule has 0 saturated heterocycles. The molecule has 0 bridgehead atoms. The maximum Gasteiger partial charge on any atom is 0.308 e. The van der Waals surface area contributed by atoms with Gasteiger partial charge in [-0.25, -0.2) is 0 Å². The van der Waals surface area contributed by atoms with Gasteiger partial charge in [0.25, 0.3) is 5.91 Å². The van der Waals surface area contributed by atoms with E-state index in [4.69, 9.17) is 9.84 Å². The van der Waals surface area contributed by atoms with Crippen molar-refractivity contribution in [3.63, 3.8) is 0 Å². The second kappa shape index (κ2) is 7.49. The minimum atomic E-state index is -1.07. The summed E-state index contributed by atoms with van der Waals surface area (Å²) in [4.78, 5) is 39.8. The van der Waals surface area contributed by atoms with Crippen LogP contribution in [0.25, 0.3) is 11.6 Å². The lowest BCUT2D eigenvalue weighted by molar-refractivity contribution is -0.147. The molecule has 0 unspecified atom stereocenters. The van der Waals surface area contributed by atoms with Crippen LogP contribution in [0.1, 0.15) is 35.4 Å². The molecule has 7 heteroatoms. The molecule has 0 fully saturated rings. The fraction of sp³-hybridized carbons (Fsp3) is 0.250. The smallest absolute Gasteiger partial charge is 0.308 e. The number of aryl methyl sites for hydroxylation is 2. The Morgan fingerprint density at radius 1 is 1.22 bits per heavy atom. The number of nitrogens with one attached hydrogen (secondary N) is 1. The highest BCUT2D eigenvalue weighted by molar-refractivity contribution is 6.35. The molecule has 1 aromatic heterocycles. The predicted octanol–water partition coefficient (Wildman–Crippen LogP) is 2.88. The Balaban J connectivity index is 1.83. The van der Waals surface area contributed by atoms with Crippen molar-refractivity contribution in [2.45, 2.75) is 26.7 Å². The Hall–Kier alpha value is -3.35. The monoisotopic (exact) mass is 368 g/mol. The molecule has 1 aliphatic rings. The number of para-hydroxylation sites is 1. The van der Waals surface area contributed by atoms with E-state index in [2.05, 4.69) is 4.98 Å². The number of carboxylic acids is 1. The van der Waals surface area contributed by atoms with Crippen LogP contribution < -0.4 is 4.90 Å². The number of ether oxygens (including phenoxy) is 1. The number of esters is 1. The van der Waals surface area contributed by atoms with Gasteiger partial charge in [-0.1, -0.05) is 18.2 Å². The number of hydrogen-bond acceptors (Lipinski definition) is 4. The lowest BCUT2D eigenvalue weighted by Crippen LogP contribution is -2.30. The molecular formula is C20H20N2O5. The van der Waals surface area contributed by atoms with Crippen LogP contribution in [0.15, 0.2) is 30.3 Å². The third kappa shape index (κ3) is 3.92. The predicted molar refractivity (Wildman–Crippen MR) is 99.9 cm³/mol. The van der Waals surface area contributed by atoms with E-state index in [9.17, 15) is 14.4 Å². The number of fused-ring (bicyclic) bond motifs is 1. The molecule has 2 N–H and O–H groups in total. The lowest BCUT2D eigenvalue weighted by atomic mass is 10.1. The van der Waals surface area contributed by atoms with E-state index in [0.29, 0.717) is 11.3 Å². The van der Waals surface area contributed by atoms with Gasteiger partial charge in [0.1, 0.15) is 0 Å². The third-order valence-corrected chi connectivity index (χ3v) is 4.34. The molecule has 1 aromatic carbocycles. The van der Waals surface area contributed by atoms with Crippen LogP contribution in [0.5, 0.6) is 0 Å². The number of carboxylic acid groups (broad SMARTS) is 1. The van der Waals surface area contributed by atoms with Gasteiger partial charge < -0.3 is 14.8 Å². The van der Waals surface area contributed by atoms with Crippen LogP contribution in [0.4, 0.5) is 5.69 Å². The fourth-order valence-electron chi connectivity index (χ4n) is 3.04. The first-order valence-corrected chi connectivity index (χ1v) is 8.53. The maximum atomic E-state index is 12.9. The van der Waals surface area contributed by atoms with Crippen molar-refractivity contribution in [1.29, 1.82) is 0 Å². The van der Waals surface area contributed by atoms with Gasteiger partial charge in [0, 0.05) is 17.0 Å².